The second kappa shape index (κ2) is 5.87. The standard InChI is InChI=1S/C12H22O4/c1-6-16-11(15)12(9(4)5,10(13)14)7-8(2)3/h8-9H,6-7H2,1-5H3,(H,13,14). The van der Waals surface area contributed by atoms with Crippen LogP contribution in [-0.2, 0) is 14.3 Å². The summed E-state index contributed by atoms with van der Waals surface area (Å²) in [6.07, 6.45) is 0.304. The largest absolute Gasteiger partial charge is 0.480 e. The number of hydrogen-bond acceptors (Lipinski definition) is 3. The van der Waals surface area contributed by atoms with Gasteiger partial charge in [-0.1, -0.05) is 27.7 Å². The van der Waals surface area contributed by atoms with Gasteiger partial charge in [0.1, 0.15) is 0 Å². The van der Waals surface area contributed by atoms with Crippen molar-refractivity contribution < 1.29 is 19.4 Å². The third-order valence-electron chi connectivity index (χ3n) is 2.74. The lowest BCUT2D eigenvalue weighted by molar-refractivity contribution is -0.174. The van der Waals surface area contributed by atoms with E-state index in [1.165, 1.54) is 0 Å². The van der Waals surface area contributed by atoms with Gasteiger partial charge in [0.2, 0.25) is 0 Å². The maximum absolute atomic E-state index is 11.9. The number of hydrogen-bond donors (Lipinski definition) is 1. The zero-order valence-corrected chi connectivity index (χ0v) is 10.7. The van der Waals surface area contributed by atoms with E-state index in [1.54, 1.807) is 20.8 Å². The van der Waals surface area contributed by atoms with E-state index < -0.39 is 17.4 Å². The summed E-state index contributed by atoms with van der Waals surface area (Å²) in [5.74, 6) is -1.87. The number of carboxylic acids is 1. The minimum atomic E-state index is -1.41. The average molecular weight is 230 g/mol. The Morgan fingerprint density at radius 3 is 2.00 bits per heavy atom. The van der Waals surface area contributed by atoms with Gasteiger partial charge in [0.25, 0.3) is 0 Å². The van der Waals surface area contributed by atoms with Crippen LogP contribution in [0, 0.1) is 17.3 Å². The highest BCUT2D eigenvalue weighted by Gasteiger charge is 2.50. The number of esters is 1. The van der Waals surface area contributed by atoms with Crippen molar-refractivity contribution in [2.45, 2.75) is 41.0 Å². The number of aliphatic carboxylic acids is 1. The van der Waals surface area contributed by atoms with Gasteiger partial charge < -0.3 is 9.84 Å². The Kier molecular flexibility index (Phi) is 5.48. The van der Waals surface area contributed by atoms with E-state index in [4.69, 9.17) is 4.74 Å². The van der Waals surface area contributed by atoms with Gasteiger partial charge in [-0.15, -0.1) is 0 Å². The SMILES string of the molecule is CCOC(=O)C(CC(C)C)(C(=O)O)C(C)C. The van der Waals surface area contributed by atoms with Crippen LogP contribution in [0.3, 0.4) is 0 Å². The van der Waals surface area contributed by atoms with E-state index in [1.807, 2.05) is 13.8 Å². The molecule has 0 aliphatic rings. The molecule has 0 saturated carbocycles. The Bertz CT molecular complexity index is 258. The van der Waals surface area contributed by atoms with Crippen LogP contribution in [0.15, 0.2) is 0 Å². The van der Waals surface area contributed by atoms with E-state index in [0.717, 1.165) is 0 Å². The quantitative estimate of drug-likeness (QED) is 0.562. The topological polar surface area (TPSA) is 63.6 Å². The Hall–Kier alpha value is -1.06. The van der Waals surface area contributed by atoms with Crippen LogP contribution >= 0.6 is 0 Å². The second-order valence-corrected chi connectivity index (χ2v) is 4.75. The van der Waals surface area contributed by atoms with Crippen LogP contribution < -0.4 is 0 Å². The molecule has 0 aromatic rings. The third kappa shape index (κ3) is 2.97. The van der Waals surface area contributed by atoms with Crippen LogP contribution in [0.25, 0.3) is 0 Å². The summed E-state index contributed by atoms with van der Waals surface area (Å²) >= 11 is 0. The zero-order chi connectivity index (χ0) is 12.9. The maximum Gasteiger partial charge on any atom is 0.323 e. The van der Waals surface area contributed by atoms with E-state index in [9.17, 15) is 14.7 Å². The first kappa shape index (κ1) is 14.9. The molecule has 4 nitrogen and oxygen atoms in total. The molecule has 0 heterocycles. The van der Waals surface area contributed by atoms with Gasteiger partial charge in [0.15, 0.2) is 5.41 Å². The molecular weight excluding hydrogens is 208 g/mol. The second-order valence-electron chi connectivity index (χ2n) is 4.75. The van der Waals surface area contributed by atoms with E-state index in [2.05, 4.69) is 0 Å². The summed E-state index contributed by atoms with van der Waals surface area (Å²) in [5, 5.41) is 9.34. The van der Waals surface area contributed by atoms with Crippen LogP contribution in [0.5, 0.6) is 0 Å². The van der Waals surface area contributed by atoms with Crippen molar-refractivity contribution in [1.82, 2.24) is 0 Å². The first-order valence-electron chi connectivity index (χ1n) is 5.69. The van der Waals surface area contributed by atoms with Crippen LogP contribution in [0.1, 0.15) is 41.0 Å². The van der Waals surface area contributed by atoms with Gasteiger partial charge in [-0.3, -0.25) is 9.59 Å². The van der Waals surface area contributed by atoms with Gasteiger partial charge in [-0.25, -0.2) is 0 Å². The summed E-state index contributed by atoms with van der Waals surface area (Å²) in [7, 11) is 0. The Morgan fingerprint density at radius 1 is 1.25 bits per heavy atom. The summed E-state index contributed by atoms with van der Waals surface area (Å²) in [6, 6.07) is 0. The van der Waals surface area contributed by atoms with Crippen molar-refractivity contribution in [2.24, 2.45) is 17.3 Å². The molecule has 0 aromatic heterocycles. The Balaban J connectivity index is 5.25. The summed E-state index contributed by atoms with van der Waals surface area (Å²) in [5.41, 5.74) is -1.41. The van der Waals surface area contributed by atoms with Crippen molar-refractivity contribution in [1.29, 1.82) is 0 Å². The first-order valence-corrected chi connectivity index (χ1v) is 5.69. The molecule has 0 aromatic carbocycles. The van der Waals surface area contributed by atoms with Gasteiger partial charge in [-0.05, 0) is 25.2 Å². The summed E-state index contributed by atoms with van der Waals surface area (Å²) in [6.45, 7) is 9.18. The molecule has 1 atom stereocenters. The smallest absolute Gasteiger partial charge is 0.323 e. The zero-order valence-electron chi connectivity index (χ0n) is 10.7. The van der Waals surface area contributed by atoms with Crippen LogP contribution in [-0.4, -0.2) is 23.7 Å². The minimum Gasteiger partial charge on any atom is -0.480 e. The van der Waals surface area contributed by atoms with Gasteiger partial charge in [-0.2, -0.15) is 0 Å². The van der Waals surface area contributed by atoms with E-state index in [0.29, 0.717) is 6.42 Å². The highest BCUT2D eigenvalue weighted by Crippen LogP contribution is 2.36. The Morgan fingerprint density at radius 2 is 1.75 bits per heavy atom. The fourth-order valence-corrected chi connectivity index (χ4v) is 1.88. The molecule has 0 rings (SSSR count). The van der Waals surface area contributed by atoms with E-state index >= 15 is 0 Å². The fraction of sp³-hybridized carbons (Fsp3) is 0.833. The lowest BCUT2D eigenvalue weighted by Gasteiger charge is -2.32. The van der Waals surface area contributed by atoms with Gasteiger partial charge in [0, 0.05) is 0 Å². The molecule has 0 radical (unpaired) electrons. The fourth-order valence-electron chi connectivity index (χ4n) is 1.88. The highest BCUT2D eigenvalue weighted by atomic mass is 16.5. The number of carbonyl (C=O) groups excluding carboxylic acids is 1. The lowest BCUT2D eigenvalue weighted by atomic mass is 9.71. The number of carboxylic acid groups (broad SMARTS) is 1. The molecule has 1 unspecified atom stereocenters. The highest BCUT2D eigenvalue weighted by molar-refractivity contribution is 5.99. The van der Waals surface area contributed by atoms with Crippen molar-refractivity contribution in [2.75, 3.05) is 6.61 Å². The van der Waals surface area contributed by atoms with E-state index in [-0.39, 0.29) is 18.4 Å². The third-order valence-corrected chi connectivity index (χ3v) is 2.74. The maximum atomic E-state index is 11.9. The molecule has 0 aliphatic heterocycles. The molecule has 4 heteroatoms. The molecule has 0 saturated heterocycles. The molecule has 94 valence electrons. The molecule has 0 aliphatic carbocycles. The number of rotatable bonds is 6. The molecule has 16 heavy (non-hydrogen) atoms. The van der Waals surface area contributed by atoms with Crippen LogP contribution in [0.4, 0.5) is 0 Å². The molecular formula is C12H22O4. The molecule has 0 fully saturated rings. The van der Waals surface area contributed by atoms with Gasteiger partial charge in [0.05, 0.1) is 6.61 Å². The number of carbonyl (C=O) groups is 2. The van der Waals surface area contributed by atoms with Crippen molar-refractivity contribution in [3.05, 3.63) is 0 Å². The molecule has 0 bridgehead atoms. The predicted molar refractivity (Wildman–Crippen MR) is 61.0 cm³/mol. The monoisotopic (exact) mass is 230 g/mol. The minimum absolute atomic E-state index is 0.128. The van der Waals surface area contributed by atoms with Gasteiger partial charge >= 0.3 is 11.9 Å². The van der Waals surface area contributed by atoms with Crippen molar-refractivity contribution in [3.63, 3.8) is 0 Å². The Labute approximate surface area is 97.0 Å². The molecule has 1 N–H and O–H groups in total. The average Bonchev–Trinajstić information content (AvgIpc) is 2.12. The molecule has 0 amide bonds. The normalized spacial score (nSPS) is 14.9. The number of ether oxygens (including phenoxy) is 1. The predicted octanol–water partition coefficient (Wildman–Crippen LogP) is 2.32. The lowest BCUT2D eigenvalue weighted by Crippen LogP contribution is -2.46. The summed E-state index contributed by atoms with van der Waals surface area (Å²) < 4.78 is 4.91. The first-order chi connectivity index (χ1) is 7.28. The summed E-state index contributed by atoms with van der Waals surface area (Å²) in [4.78, 5) is 23.3. The van der Waals surface area contributed by atoms with Crippen molar-refractivity contribution >= 4 is 11.9 Å². The van der Waals surface area contributed by atoms with Crippen molar-refractivity contribution in [3.8, 4) is 0 Å². The molecule has 0 spiro atoms. The van der Waals surface area contributed by atoms with Crippen LogP contribution in [0.2, 0.25) is 0 Å².